The molecule has 1 amide bonds. The zero-order valence-corrected chi connectivity index (χ0v) is 18.5. The SMILES string of the molecule is COc1ccc2nccc(CSc3ncccc3C(=O)Nc3cc(C)cc(C)c3)c2c1. The number of aromatic nitrogens is 2. The fourth-order valence-corrected chi connectivity index (χ4v) is 4.50. The number of benzene rings is 2. The maximum Gasteiger partial charge on any atom is 0.258 e. The molecule has 2 aromatic heterocycles. The topological polar surface area (TPSA) is 64.1 Å². The summed E-state index contributed by atoms with van der Waals surface area (Å²) in [5.41, 5.74) is 5.58. The van der Waals surface area contributed by atoms with Gasteiger partial charge in [-0.25, -0.2) is 4.98 Å². The number of hydrogen-bond acceptors (Lipinski definition) is 5. The molecule has 1 N–H and O–H groups in total. The molecule has 0 spiro atoms. The normalized spacial score (nSPS) is 10.8. The number of anilines is 1. The highest BCUT2D eigenvalue weighted by molar-refractivity contribution is 7.98. The zero-order valence-electron chi connectivity index (χ0n) is 17.7. The van der Waals surface area contributed by atoms with Gasteiger partial charge in [-0.2, -0.15) is 0 Å². The summed E-state index contributed by atoms with van der Waals surface area (Å²) < 4.78 is 5.36. The minimum Gasteiger partial charge on any atom is -0.497 e. The third-order valence-electron chi connectivity index (χ3n) is 4.90. The molecule has 5 nitrogen and oxygen atoms in total. The van der Waals surface area contributed by atoms with Crippen LogP contribution < -0.4 is 10.1 Å². The number of hydrogen-bond donors (Lipinski definition) is 1. The van der Waals surface area contributed by atoms with Gasteiger partial charge in [0, 0.05) is 29.2 Å². The van der Waals surface area contributed by atoms with Crippen molar-refractivity contribution in [3.05, 3.63) is 89.2 Å². The second-order valence-corrected chi connectivity index (χ2v) is 8.29. The minimum absolute atomic E-state index is 0.165. The number of carbonyl (C=O) groups is 1. The van der Waals surface area contributed by atoms with Crippen molar-refractivity contribution in [3.63, 3.8) is 0 Å². The quantitative estimate of drug-likeness (QED) is 0.393. The lowest BCUT2D eigenvalue weighted by molar-refractivity contribution is 0.102. The minimum atomic E-state index is -0.165. The van der Waals surface area contributed by atoms with Crippen molar-refractivity contribution in [1.82, 2.24) is 9.97 Å². The first-order chi connectivity index (χ1) is 15.0. The first kappa shape index (κ1) is 20.9. The summed E-state index contributed by atoms with van der Waals surface area (Å²) in [5.74, 6) is 1.28. The van der Waals surface area contributed by atoms with E-state index in [0.29, 0.717) is 16.3 Å². The second-order valence-electron chi connectivity index (χ2n) is 7.33. The fraction of sp³-hybridized carbons (Fsp3) is 0.160. The van der Waals surface area contributed by atoms with E-state index in [1.54, 1.807) is 31.6 Å². The lowest BCUT2D eigenvalue weighted by Crippen LogP contribution is -2.14. The third kappa shape index (κ3) is 4.86. The molecule has 0 aliphatic heterocycles. The van der Waals surface area contributed by atoms with Gasteiger partial charge in [-0.3, -0.25) is 9.78 Å². The number of methoxy groups -OCH3 is 1. The number of fused-ring (bicyclic) bond motifs is 1. The summed E-state index contributed by atoms with van der Waals surface area (Å²) in [6, 6.07) is 17.4. The molecule has 0 aliphatic rings. The Hall–Kier alpha value is -3.38. The van der Waals surface area contributed by atoms with Crippen LogP contribution >= 0.6 is 11.8 Å². The van der Waals surface area contributed by atoms with Gasteiger partial charge in [0.2, 0.25) is 0 Å². The summed E-state index contributed by atoms with van der Waals surface area (Å²) in [5, 5.41) is 4.73. The van der Waals surface area contributed by atoms with E-state index in [0.717, 1.165) is 39.0 Å². The molecule has 0 fully saturated rings. The summed E-state index contributed by atoms with van der Waals surface area (Å²) in [6.45, 7) is 4.03. The van der Waals surface area contributed by atoms with E-state index in [1.165, 1.54) is 11.8 Å². The Bertz CT molecular complexity index is 1240. The van der Waals surface area contributed by atoms with Gasteiger partial charge in [-0.15, -0.1) is 11.8 Å². The van der Waals surface area contributed by atoms with Gasteiger partial charge in [0.1, 0.15) is 10.8 Å². The van der Waals surface area contributed by atoms with E-state index >= 15 is 0 Å². The van der Waals surface area contributed by atoms with E-state index in [-0.39, 0.29) is 5.91 Å². The van der Waals surface area contributed by atoms with Gasteiger partial charge >= 0.3 is 0 Å². The number of ether oxygens (including phenoxy) is 1. The standard InChI is InChI=1S/C25H23N3O2S/c1-16-11-17(2)13-19(12-16)28-24(29)21-5-4-9-27-25(21)31-15-18-8-10-26-23-7-6-20(30-3)14-22(18)23/h4-14H,15H2,1-3H3,(H,28,29). The maximum absolute atomic E-state index is 13.0. The number of amides is 1. The lowest BCUT2D eigenvalue weighted by atomic mass is 10.1. The zero-order chi connectivity index (χ0) is 21.8. The molecule has 4 aromatic rings. The molecular formula is C25H23N3O2S. The van der Waals surface area contributed by atoms with E-state index in [2.05, 4.69) is 21.4 Å². The summed E-state index contributed by atoms with van der Waals surface area (Å²) in [4.78, 5) is 21.9. The van der Waals surface area contributed by atoms with Crippen molar-refractivity contribution in [2.45, 2.75) is 24.6 Å². The molecule has 0 atom stereocenters. The van der Waals surface area contributed by atoms with Crippen LogP contribution in [0.1, 0.15) is 27.0 Å². The average Bonchev–Trinajstić information content (AvgIpc) is 2.76. The Kier molecular flexibility index (Phi) is 6.18. The highest BCUT2D eigenvalue weighted by Gasteiger charge is 2.14. The summed E-state index contributed by atoms with van der Waals surface area (Å²) in [6.07, 6.45) is 3.51. The number of rotatable bonds is 6. The predicted molar refractivity (Wildman–Crippen MR) is 126 cm³/mol. The molecule has 0 bridgehead atoms. The molecule has 0 saturated carbocycles. The van der Waals surface area contributed by atoms with Crippen LogP contribution in [0.5, 0.6) is 5.75 Å². The number of aryl methyl sites for hydroxylation is 2. The molecule has 4 rings (SSSR count). The largest absolute Gasteiger partial charge is 0.497 e. The van der Waals surface area contributed by atoms with Crippen molar-refractivity contribution in [1.29, 1.82) is 0 Å². The van der Waals surface area contributed by atoms with Gasteiger partial charge in [-0.05, 0) is 79.1 Å². The maximum atomic E-state index is 13.0. The molecule has 0 radical (unpaired) electrons. The van der Waals surface area contributed by atoms with Crippen molar-refractivity contribution >= 4 is 34.3 Å². The van der Waals surface area contributed by atoms with Crippen LogP contribution in [0, 0.1) is 13.8 Å². The highest BCUT2D eigenvalue weighted by atomic mass is 32.2. The van der Waals surface area contributed by atoms with Crippen LogP contribution in [0.4, 0.5) is 5.69 Å². The number of pyridine rings is 2. The Labute approximate surface area is 185 Å². The van der Waals surface area contributed by atoms with Crippen molar-refractivity contribution in [2.75, 3.05) is 12.4 Å². The number of carbonyl (C=O) groups excluding carboxylic acids is 1. The molecule has 156 valence electrons. The van der Waals surface area contributed by atoms with Crippen LogP contribution in [-0.2, 0) is 5.75 Å². The summed E-state index contributed by atoms with van der Waals surface area (Å²) >= 11 is 1.53. The van der Waals surface area contributed by atoms with E-state index in [1.807, 2.05) is 50.2 Å². The first-order valence-corrected chi connectivity index (χ1v) is 10.9. The predicted octanol–water partition coefficient (Wildman–Crippen LogP) is 5.80. The van der Waals surface area contributed by atoms with Gasteiger partial charge in [0.05, 0.1) is 18.2 Å². The number of thioether (sulfide) groups is 1. The van der Waals surface area contributed by atoms with Crippen LogP contribution in [0.25, 0.3) is 10.9 Å². The van der Waals surface area contributed by atoms with Gasteiger partial charge in [0.15, 0.2) is 0 Å². The first-order valence-electron chi connectivity index (χ1n) is 9.92. The molecule has 0 aliphatic carbocycles. The van der Waals surface area contributed by atoms with E-state index < -0.39 is 0 Å². The molecule has 6 heteroatoms. The Morgan fingerprint density at radius 2 is 1.81 bits per heavy atom. The molecule has 2 heterocycles. The fourth-order valence-electron chi connectivity index (χ4n) is 3.51. The van der Waals surface area contributed by atoms with Crippen molar-refractivity contribution < 1.29 is 9.53 Å². The smallest absolute Gasteiger partial charge is 0.258 e. The van der Waals surface area contributed by atoms with Crippen LogP contribution in [0.2, 0.25) is 0 Å². The number of nitrogens with zero attached hydrogens (tertiary/aromatic N) is 2. The van der Waals surface area contributed by atoms with Crippen molar-refractivity contribution in [2.24, 2.45) is 0 Å². The highest BCUT2D eigenvalue weighted by Crippen LogP contribution is 2.29. The van der Waals surface area contributed by atoms with Gasteiger partial charge < -0.3 is 10.1 Å². The van der Waals surface area contributed by atoms with Crippen LogP contribution in [-0.4, -0.2) is 23.0 Å². The van der Waals surface area contributed by atoms with E-state index in [4.69, 9.17) is 4.74 Å². The van der Waals surface area contributed by atoms with Gasteiger partial charge in [-0.1, -0.05) is 6.07 Å². The average molecular weight is 430 g/mol. The van der Waals surface area contributed by atoms with Crippen LogP contribution in [0.3, 0.4) is 0 Å². The molecule has 0 unspecified atom stereocenters. The Balaban J connectivity index is 1.57. The second kappa shape index (κ2) is 9.18. The summed E-state index contributed by atoms with van der Waals surface area (Å²) in [7, 11) is 1.65. The Morgan fingerprint density at radius 1 is 1.00 bits per heavy atom. The monoisotopic (exact) mass is 429 g/mol. The molecule has 2 aromatic carbocycles. The third-order valence-corrected chi connectivity index (χ3v) is 5.95. The van der Waals surface area contributed by atoms with Crippen LogP contribution in [0.15, 0.2) is 72.0 Å². The molecular weight excluding hydrogens is 406 g/mol. The Morgan fingerprint density at radius 3 is 2.58 bits per heavy atom. The molecule has 0 saturated heterocycles. The number of nitrogens with one attached hydrogen (secondary N) is 1. The van der Waals surface area contributed by atoms with E-state index in [9.17, 15) is 4.79 Å². The van der Waals surface area contributed by atoms with Gasteiger partial charge in [0.25, 0.3) is 5.91 Å². The van der Waals surface area contributed by atoms with Crippen molar-refractivity contribution in [3.8, 4) is 5.75 Å². The molecule has 31 heavy (non-hydrogen) atoms. The lowest BCUT2D eigenvalue weighted by Gasteiger charge is -2.11.